The van der Waals surface area contributed by atoms with Gasteiger partial charge < -0.3 is 0 Å². The summed E-state index contributed by atoms with van der Waals surface area (Å²) in [4.78, 5) is 30.2. The van der Waals surface area contributed by atoms with Gasteiger partial charge in [-0.05, 0) is 48.2 Å². The van der Waals surface area contributed by atoms with Gasteiger partial charge in [0.15, 0.2) is 9.54 Å². The van der Waals surface area contributed by atoms with Crippen LogP contribution in [-0.2, 0) is 9.59 Å². The van der Waals surface area contributed by atoms with Crippen molar-refractivity contribution in [1.29, 1.82) is 0 Å². The Morgan fingerprint density at radius 2 is 2.12 bits per heavy atom. The minimum absolute atomic E-state index is 0.0354. The molecule has 10 heteroatoms. The second-order valence-electron chi connectivity index (χ2n) is 7.56. The van der Waals surface area contributed by atoms with E-state index in [9.17, 15) is 9.59 Å². The molecule has 0 radical (unpaired) electrons. The van der Waals surface area contributed by atoms with Crippen molar-refractivity contribution in [2.45, 2.75) is 25.8 Å². The fourth-order valence-corrected chi connectivity index (χ4v) is 6.14. The van der Waals surface area contributed by atoms with E-state index in [4.69, 9.17) is 0 Å². The molecule has 3 aliphatic heterocycles. The van der Waals surface area contributed by atoms with Crippen LogP contribution in [0.5, 0.6) is 0 Å². The van der Waals surface area contributed by atoms with Crippen molar-refractivity contribution < 1.29 is 9.59 Å². The van der Waals surface area contributed by atoms with Crippen LogP contribution in [0.2, 0.25) is 0 Å². The van der Waals surface area contributed by atoms with Gasteiger partial charge in [-0.2, -0.15) is 10.1 Å². The number of thiophene rings is 1. The first-order valence-electron chi connectivity index (χ1n) is 10.3. The highest BCUT2D eigenvalue weighted by Gasteiger charge is 2.32. The van der Waals surface area contributed by atoms with E-state index in [0.717, 1.165) is 26.9 Å². The van der Waals surface area contributed by atoms with E-state index in [-0.39, 0.29) is 23.6 Å². The summed E-state index contributed by atoms with van der Waals surface area (Å²) >= 11 is 4.38. The van der Waals surface area contributed by atoms with Crippen molar-refractivity contribution in [2.75, 3.05) is 12.3 Å². The third kappa shape index (κ3) is 4.48. The summed E-state index contributed by atoms with van der Waals surface area (Å²) in [6, 6.07) is 12.1. The largest absolute Gasteiger partial charge is 0.294 e. The fraction of sp³-hybridized carbons (Fsp3) is 0.273. The van der Waals surface area contributed by atoms with Gasteiger partial charge >= 0.3 is 0 Å². The molecule has 1 N–H and O–H groups in total. The Balaban J connectivity index is 1.30. The van der Waals surface area contributed by atoms with E-state index < -0.39 is 0 Å². The smallest absolute Gasteiger partial charge is 0.252 e. The number of fused-ring (bicyclic) bond motifs is 1. The monoisotopic (exact) mass is 483 g/mol. The van der Waals surface area contributed by atoms with Gasteiger partial charge in [-0.1, -0.05) is 47.7 Å². The SMILES string of the molecule is Cc1ccc(C2C=C(c3cccs3)NN2C(=O)CSC2=NN3CCCC(=O)N=C3S2)cc1. The first kappa shape index (κ1) is 21.3. The van der Waals surface area contributed by atoms with Crippen LogP contribution in [0.25, 0.3) is 5.70 Å². The highest BCUT2D eigenvalue weighted by Crippen LogP contribution is 2.34. The van der Waals surface area contributed by atoms with Crippen molar-refractivity contribution >= 4 is 61.9 Å². The third-order valence-corrected chi connectivity index (χ3v) is 8.19. The van der Waals surface area contributed by atoms with Crippen molar-refractivity contribution in [3.05, 3.63) is 63.9 Å². The average Bonchev–Trinajstić information content (AvgIpc) is 3.51. The average molecular weight is 484 g/mol. The maximum absolute atomic E-state index is 13.2. The molecule has 0 saturated heterocycles. The van der Waals surface area contributed by atoms with Crippen molar-refractivity contribution in [3.8, 4) is 0 Å². The lowest BCUT2D eigenvalue weighted by Crippen LogP contribution is -2.40. The second kappa shape index (κ2) is 9.13. The summed E-state index contributed by atoms with van der Waals surface area (Å²) in [5, 5.41) is 10.6. The van der Waals surface area contributed by atoms with E-state index >= 15 is 0 Å². The number of rotatable bonds is 4. The van der Waals surface area contributed by atoms with Crippen LogP contribution in [0.3, 0.4) is 0 Å². The van der Waals surface area contributed by atoms with E-state index in [1.807, 2.05) is 17.5 Å². The molecule has 0 bridgehead atoms. The summed E-state index contributed by atoms with van der Waals surface area (Å²) < 4.78 is 0.740. The molecule has 3 aliphatic rings. The lowest BCUT2D eigenvalue weighted by atomic mass is 10.0. The minimum atomic E-state index is -0.184. The molecule has 164 valence electrons. The van der Waals surface area contributed by atoms with Gasteiger partial charge in [0.1, 0.15) is 0 Å². The van der Waals surface area contributed by atoms with Crippen LogP contribution in [0.4, 0.5) is 0 Å². The van der Waals surface area contributed by atoms with Crippen LogP contribution >= 0.6 is 34.9 Å². The number of aliphatic imine (C=N–C) groups is 1. The summed E-state index contributed by atoms with van der Waals surface area (Å²) in [5.41, 5.74) is 6.49. The fourth-order valence-electron chi connectivity index (χ4n) is 3.58. The second-order valence-corrected chi connectivity index (χ2v) is 10.7. The molecule has 2 amide bonds. The number of hydrazone groups is 1. The van der Waals surface area contributed by atoms with Gasteiger partial charge in [-0.3, -0.25) is 15.0 Å². The highest BCUT2D eigenvalue weighted by atomic mass is 32.2. The zero-order valence-electron chi connectivity index (χ0n) is 17.4. The molecule has 1 aromatic heterocycles. The Kier molecular flexibility index (Phi) is 6.07. The number of aryl methyl sites for hydroxylation is 1. The number of amides is 2. The topological polar surface area (TPSA) is 77.4 Å². The van der Waals surface area contributed by atoms with E-state index in [1.165, 1.54) is 29.1 Å². The number of nitrogens with zero attached hydrogens (tertiary/aromatic N) is 4. The molecule has 1 aromatic carbocycles. The van der Waals surface area contributed by atoms with Crippen molar-refractivity contribution in [2.24, 2.45) is 10.1 Å². The quantitative estimate of drug-likeness (QED) is 0.702. The van der Waals surface area contributed by atoms with Crippen molar-refractivity contribution in [1.82, 2.24) is 15.4 Å². The molecular formula is C22H21N5O2S3. The van der Waals surface area contributed by atoms with Crippen molar-refractivity contribution in [3.63, 3.8) is 0 Å². The molecule has 32 heavy (non-hydrogen) atoms. The number of hydrazine groups is 1. The Hall–Kier alpha value is -2.56. The third-order valence-electron chi connectivity index (χ3n) is 5.22. The van der Waals surface area contributed by atoms with E-state index in [2.05, 4.69) is 52.8 Å². The number of carbonyl (C=O) groups excluding carboxylic acids is 2. The van der Waals surface area contributed by atoms with Gasteiger partial charge in [0.2, 0.25) is 5.91 Å². The molecule has 5 rings (SSSR count). The molecule has 0 spiro atoms. The lowest BCUT2D eigenvalue weighted by molar-refractivity contribution is -0.131. The number of hydrogen-bond donors (Lipinski definition) is 1. The van der Waals surface area contributed by atoms with Crippen LogP contribution in [0.15, 0.2) is 57.9 Å². The Morgan fingerprint density at radius 3 is 2.91 bits per heavy atom. The summed E-state index contributed by atoms with van der Waals surface area (Å²) in [6.45, 7) is 2.73. The molecule has 0 fully saturated rings. The predicted molar refractivity (Wildman–Crippen MR) is 132 cm³/mol. The highest BCUT2D eigenvalue weighted by molar-refractivity contribution is 8.45. The molecule has 2 aromatic rings. The molecular weight excluding hydrogens is 462 g/mol. The summed E-state index contributed by atoms with van der Waals surface area (Å²) in [7, 11) is 0. The van der Waals surface area contributed by atoms with Crippen LogP contribution in [0.1, 0.15) is 34.9 Å². The van der Waals surface area contributed by atoms with Crippen LogP contribution in [-0.4, -0.2) is 43.7 Å². The number of carbonyl (C=O) groups is 2. The van der Waals surface area contributed by atoms with Gasteiger partial charge in [0.25, 0.3) is 5.91 Å². The minimum Gasteiger partial charge on any atom is -0.294 e. The molecule has 7 nitrogen and oxygen atoms in total. The molecule has 4 heterocycles. The maximum atomic E-state index is 13.2. The predicted octanol–water partition coefficient (Wildman–Crippen LogP) is 4.21. The zero-order chi connectivity index (χ0) is 22.1. The molecule has 0 aliphatic carbocycles. The number of hydrogen-bond acceptors (Lipinski definition) is 8. The molecule has 0 saturated carbocycles. The maximum Gasteiger partial charge on any atom is 0.252 e. The summed E-state index contributed by atoms with van der Waals surface area (Å²) in [5.74, 6) is 0.0932. The van der Waals surface area contributed by atoms with E-state index in [1.54, 1.807) is 21.4 Å². The molecule has 1 unspecified atom stereocenters. The lowest BCUT2D eigenvalue weighted by Gasteiger charge is -2.25. The van der Waals surface area contributed by atoms with Gasteiger partial charge in [0.05, 0.1) is 22.4 Å². The Morgan fingerprint density at radius 1 is 1.28 bits per heavy atom. The van der Waals surface area contributed by atoms with Crippen LogP contribution < -0.4 is 5.43 Å². The number of nitrogens with one attached hydrogen (secondary N) is 1. The molecule has 1 atom stereocenters. The number of thioether (sulfide) groups is 2. The van der Waals surface area contributed by atoms with Gasteiger partial charge in [0, 0.05) is 13.0 Å². The first-order chi connectivity index (χ1) is 15.6. The normalized spacial score (nSPS) is 20.3. The van der Waals surface area contributed by atoms with E-state index in [0.29, 0.717) is 18.1 Å². The standard InChI is InChI=1S/C22H21N5O2S3/c1-14-6-8-15(9-7-14)17-12-16(18-4-3-11-30-18)24-27(17)20(29)13-31-22-25-26-10-2-5-19(28)23-21(26)32-22/h3-4,6-9,11-12,17,24H,2,5,10,13H2,1H3. The number of benzene rings is 1. The first-order valence-corrected chi connectivity index (χ1v) is 12.9. The van der Waals surface area contributed by atoms with Crippen LogP contribution in [0, 0.1) is 6.92 Å². The van der Waals surface area contributed by atoms with Gasteiger partial charge in [-0.15, -0.1) is 11.3 Å². The zero-order valence-corrected chi connectivity index (χ0v) is 19.8. The Bertz CT molecular complexity index is 1120. The number of amidine groups is 1. The van der Waals surface area contributed by atoms with Gasteiger partial charge in [-0.25, -0.2) is 10.0 Å². The summed E-state index contributed by atoms with van der Waals surface area (Å²) in [6.07, 6.45) is 3.29. The Labute approximate surface area is 198 Å².